The quantitative estimate of drug-likeness (QED) is 0.587. The first-order valence-corrected chi connectivity index (χ1v) is 2.13. The van der Waals surface area contributed by atoms with E-state index in [0.29, 0.717) is 0 Å². The van der Waals surface area contributed by atoms with E-state index in [4.69, 9.17) is 0 Å². The van der Waals surface area contributed by atoms with Crippen LogP contribution in [0.25, 0.3) is 0 Å². The van der Waals surface area contributed by atoms with Crippen molar-refractivity contribution in [2.75, 3.05) is 0 Å². The minimum Gasteiger partial charge on any atom is -0.270 e. The van der Waals surface area contributed by atoms with Gasteiger partial charge in [-0.05, 0) is 0 Å². The molecule has 0 N–H and O–H groups in total. The van der Waals surface area contributed by atoms with Crippen LogP contribution in [0.2, 0.25) is 0 Å². The zero-order valence-electron chi connectivity index (χ0n) is 4.22. The van der Waals surface area contributed by atoms with Gasteiger partial charge in [0.15, 0.2) is 0 Å². The fourth-order valence-corrected chi connectivity index (χ4v) is 0.515. The van der Waals surface area contributed by atoms with Crippen LogP contribution >= 0.6 is 0 Å². The van der Waals surface area contributed by atoms with Crippen LogP contribution in [0.15, 0.2) is 17.7 Å². The Labute approximate surface area is 57.4 Å². The minimum absolute atomic E-state index is 0. The van der Waals surface area contributed by atoms with Gasteiger partial charge in [-0.2, -0.15) is 6.08 Å². The molecule has 0 nitrogen and oxygen atoms in total. The molecule has 0 aliphatic heterocycles. The van der Waals surface area contributed by atoms with Crippen LogP contribution in [-0.2, 0) is 19.8 Å². The molecule has 0 bridgehead atoms. The van der Waals surface area contributed by atoms with Gasteiger partial charge < -0.3 is 0 Å². The Balaban J connectivity index is 0.000000360. The van der Waals surface area contributed by atoms with Gasteiger partial charge in [0.2, 0.25) is 0 Å². The van der Waals surface area contributed by atoms with Crippen molar-refractivity contribution in [3.63, 3.8) is 0 Å². The topological polar surface area (TPSA) is 0 Å². The van der Waals surface area contributed by atoms with Crippen LogP contribution in [0.4, 0.5) is 0 Å². The van der Waals surface area contributed by atoms with E-state index in [0.717, 1.165) is 6.42 Å². The molecule has 0 aromatic heterocycles. The summed E-state index contributed by atoms with van der Waals surface area (Å²) in [5.41, 5.74) is 1.27. The number of allylic oxidation sites excluding steroid dienone is 4. The molecule has 0 aromatic carbocycles. The molecule has 0 saturated carbocycles. The van der Waals surface area contributed by atoms with Crippen LogP contribution in [0.5, 0.6) is 0 Å². The minimum atomic E-state index is 0. The number of rotatable bonds is 0. The molecule has 1 aliphatic rings. The Bertz CT molecular complexity index is 98.0. The summed E-state index contributed by atoms with van der Waals surface area (Å²) >= 11 is 0. The van der Waals surface area contributed by atoms with E-state index in [9.17, 15) is 0 Å². The van der Waals surface area contributed by atoms with E-state index in [1.54, 1.807) is 0 Å². The van der Waals surface area contributed by atoms with Crippen molar-refractivity contribution in [2.24, 2.45) is 0 Å². The van der Waals surface area contributed by atoms with Crippen LogP contribution in [0, 0.1) is 6.08 Å². The van der Waals surface area contributed by atoms with Gasteiger partial charge >= 0.3 is 19.8 Å². The average Bonchev–Trinajstić information content (AvgIpc) is 1.86. The van der Waals surface area contributed by atoms with Gasteiger partial charge in [0.1, 0.15) is 0 Å². The standard InChI is InChI=1S/C6H7.Os/c1-6-4-2-3-5-6;/h2,4H,3H2,1H3;/q-1;+1. The van der Waals surface area contributed by atoms with E-state index < -0.39 is 0 Å². The Morgan fingerprint density at radius 2 is 2.43 bits per heavy atom. The second kappa shape index (κ2) is 3.16. The summed E-state index contributed by atoms with van der Waals surface area (Å²) in [6.07, 6.45) is 8.33. The first-order chi connectivity index (χ1) is 2.89. The van der Waals surface area contributed by atoms with Gasteiger partial charge in [0, 0.05) is 0 Å². The predicted octanol–water partition coefficient (Wildman–Crippen LogP) is 1.69. The zero-order chi connectivity index (χ0) is 4.41. The first kappa shape index (κ1) is 7.12. The van der Waals surface area contributed by atoms with E-state index in [-0.39, 0.29) is 19.8 Å². The molecule has 7 heavy (non-hydrogen) atoms. The summed E-state index contributed by atoms with van der Waals surface area (Å²) in [5.74, 6) is 0. The van der Waals surface area contributed by atoms with Crippen LogP contribution in [-0.4, -0.2) is 0 Å². The zero-order valence-corrected chi connectivity index (χ0v) is 6.76. The molecule has 0 fully saturated rings. The summed E-state index contributed by atoms with van der Waals surface area (Å²) in [6.45, 7) is 2.06. The molecule has 0 amide bonds. The van der Waals surface area contributed by atoms with E-state index in [2.05, 4.69) is 25.2 Å². The summed E-state index contributed by atoms with van der Waals surface area (Å²) in [5, 5.41) is 0. The molecule has 1 aliphatic carbocycles. The van der Waals surface area contributed by atoms with E-state index in [1.165, 1.54) is 5.57 Å². The summed E-state index contributed by atoms with van der Waals surface area (Å²) in [4.78, 5) is 0. The fourth-order valence-electron chi connectivity index (χ4n) is 0.515. The summed E-state index contributed by atoms with van der Waals surface area (Å²) < 4.78 is 0. The molecule has 0 spiro atoms. The predicted molar refractivity (Wildman–Crippen MR) is 26.2 cm³/mol. The third-order valence-electron chi connectivity index (χ3n) is 0.867. The first-order valence-electron chi connectivity index (χ1n) is 2.13. The summed E-state index contributed by atoms with van der Waals surface area (Å²) in [7, 11) is 0. The maximum absolute atomic E-state index is 3.12. The maximum Gasteiger partial charge on any atom is 1.00 e. The molecule has 39 valence electrons. The van der Waals surface area contributed by atoms with Gasteiger partial charge in [-0.15, -0.1) is 6.42 Å². The van der Waals surface area contributed by atoms with Crippen molar-refractivity contribution in [1.82, 2.24) is 0 Å². The van der Waals surface area contributed by atoms with E-state index >= 15 is 0 Å². The van der Waals surface area contributed by atoms with Crippen LogP contribution < -0.4 is 0 Å². The van der Waals surface area contributed by atoms with Gasteiger partial charge in [-0.25, -0.2) is 11.6 Å². The molecule has 0 aromatic rings. The Morgan fingerprint density at radius 3 is 2.57 bits per heavy atom. The molecule has 0 unspecified atom stereocenters. The second-order valence-electron chi connectivity index (χ2n) is 1.47. The monoisotopic (exact) mass is 271 g/mol. The second-order valence-corrected chi connectivity index (χ2v) is 1.47. The third kappa shape index (κ3) is 2.05. The molecule has 0 heterocycles. The largest absolute Gasteiger partial charge is 1.00 e. The fraction of sp³-hybridized carbons (Fsp3) is 0.333. The molecular formula is C6H7Os. The Hall–Kier alpha value is 0.116. The number of hydrogen-bond donors (Lipinski definition) is 0. The molecule has 1 heteroatoms. The molecule has 1 radical (unpaired) electrons. The normalized spacial score (nSPS) is 15.9. The molecule has 1 rings (SSSR count). The van der Waals surface area contributed by atoms with Crippen molar-refractivity contribution < 1.29 is 19.8 Å². The molecular weight excluding hydrogens is 262 g/mol. The van der Waals surface area contributed by atoms with Crippen molar-refractivity contribution in [1.29, 1.82) is 0 Å². The van der Waals surface area contributed by atoms with Crippen molar-refractivity contribution >= 4 is 0 Å². The van der Waals surface area contributed by atoms with Gasteiger partial charge in [-0.1, -0.05) is 6.92 Å². The third-order valence-corrected chi connectivity index (χ3v) is 0.867. The van der Waals surface area contributed by atoms with Crippen molar-refractivity contribution in [3.8, 4) is 0 Å². The molecule has 0 saturated heterocycles. The Morgan fingerprint density at radius 1 is 1.71 bits per heavy atom. The molecule has 0 atom stereocenters. The van der Waals surface area contributed by atoms with Gasteiger partial charge in [-0.3, -0.25) is 6.08 Å². The van der Waals surface area contributed by atoms with Gasteiger partial charge in [0.05, 0.1) is 0 Å². The van der Waals surface area contributed by atoms with Crippen molar-refractivity contribution in [3.05, 3.63) is 23.8 Å². The van der Waals surface area contributed by atoms with Gasteiger partial charge in [0.25, 0.3) is 0 Å². The summed E-state index contributed by atoms with van der Waals surface area (Å²) in [6, 6.07) is 0. The smallest absolute Gasteiger partial charge is 0.270 e. The van der Waals surface area contributed by atoms with Crippen molar-refractivity contribution in [2.45, 2.75) is 13.3 Å². The average molecular weight is 269 g/mol. The maximum atomic E-state index is 3.12. The van der Waals surface area contributed by atoms with Crippen LogP contribution in [0.3, 0.4) is 0 Å². The Kier molecular flexibility index (Phi) is 3.21. The van der Waals surface area contributed by atoms with E-state index in [1.807, 2.05) is 0 Å². The number of hydrogen-bond acceptors (Lipinski definition) is 0. The van der Waals surface area contributed by atoms with Crippen LogP contribution in [0.1, 0.15) is 13.3 Å². The SMILES string of the molecule is CC1=[C-]CC=C1.[Os+].